The molecule has 0 bridgehead atoms. The number of nitrogens with one attached hydrogen (secondary N) is 1. The molecule has 3 rings (SSSR count). The molecule has 2 fully saturated rings. The SMILES string of the molecule is CCCNC(CCC1CCCO1)C1CC1c1ccccc1. The van der Waals surface area contributed by atoms with Crippen LogP contribution in [0.3, 0.4) is 0 Å². The Kier molecular flexibility index (Phi) is 5.32. The number of hydrogen-bond donors (Lipinski definition) is 1. The molecule has 1 N–H and O–H groups in total. The summed E-state index contributed by atoms with van der Waals surface area (Å²) in [5.74, 6) is 1.62. The lowest BCUT2D eigenvalue weighted by molar-refractivity contribution is 0.0987. The van der Waals surface area contributed by atoms with Crippen LogP contribution >= 0.6 is 0 Å². The zero-order valence-corrected chi connectivity index (χ0v) is 13.3. The number of ether oxygens (including phenoxy) is 1. The molecule has 0 amide bonds. The van der Waals surface area contributed by atoms with Crippen LogP contribution in [-0.4, -0.2) is 25.3 Å². The van der Waals surface area contributed by atoms with Gasteiger partial charge in [-0.3, -0.25) is 0 Å². The van der Waals surface area contributed by atoms with Gasteiger partial charge in [0.15, 0.2) is 0 Å². The van der Waals surface area contributed by atoms with Gasteiger partial charge in [0.1, 0.15) is 0 Å². The summed E-state index contributed by atoms with van der Waals surface area (Å²) in [4.78, 5) is 0. The molecule has 0 aromatic heterocycles. The van der Waals surface area contributed by atoms with E-state index in [9.17, 15) is 0 Å². The van der Waals surface area contributed by atoms with Gasteiger partial charge in [0.25, 0.3) is 0 Å². The zero-order valence-electron chi connectivity index (χ0n) is 13.3. The van der Waals surface area contributed by atoms with Crippen molar-refractivity contribution in [1.29, 1.82) is 0 Å². The lowest BCUT2D eigenvalue weighted by Gasteiger charge is -2.20. The fourth-order valence-corrected chi connectivity index (χ4v) is 3.78. The summed E-state index contributed by atoms with van der Waals surface area (Å²) >= 11 is 0. The summed E-state index contributed by atoms with van der Waals surface area (Å²) in [5.41, 5.74) is 1.53. The Balaban J connectivity index is 1.52. The fraction of sp³-hybridized carbons (Fsp3) is 0.684. The quantitative estimate of drug-likeness (QED) is 0.776. The summed E-state index contributed by atoms with van der Waals surface area (Å²) in [5, 5.41) is 3.80. The monoisotopic (exact) mass is 287 g/mol. The Morgan fingerprint density at radius 1 is 1.29 bits per heavy atom. The van der Waals surface area contributed by atoms with Crippen LogP contribution in [0.15, 0.2) is 30.3 Å². The van der Waals surface area contributed by atoms with Gasteiger partial charge in [-0.05, 0) is 62.5 Å². The number of hydrogen-bond acceptors (Lipinski definition) is 2. The van der Waals surface area contributed by atoms with E-state index in [1.165, 1.54) is 44.1 Å². The summed E-state index contributed by atoms with van der Waals surface area (Å²) in [6.07, 6.45) is 8.15. The van der Waals surface area contributed by atoms with Crippen molar-refractivity contribution >= 4 is 0 Å². The molecule has 0 spiro atoms. The standard InChI is InChI=1S/C19H29NO/c1-2-12-20-19(11-10-16-9-6-13-21-16)18-14-17(18)15-7-4-3-5-8-15/h3-5,7-8,16-20H,2,6,9-14H2,1H3. The Hall–Kier alpha value is -0.860. The highest BCUT2D eigenvalue weighted by Gasteiger charge is 2.43. The highest BCUT2D eigenvalue weighted by Crippen LogP contribution is 2.50. The molecule has 1 aliphatic heterocycles. The second-order valence-corrected chi connectivity index (χ2v) is 6.69. The van der Waals surface area contributed by atoms with Gasteiger partial charge < -0.3 is 10.1 Å². The molecule has 1 aliphatic carbocycles. The Morgan fingerprint density at radius 2 is 2.14 bits per heavy atom. The van der Waals surface area contributed by atoms with Crippen LogP contribution < -0.4 is 5.32 Å². The van der Waals surface area contributed by atoms with Crippen LogP contribution in [0.1, 0.15) is 56.9 Å². The fourth-order valence-electron chi connectivity index (χ4n) is 3.78. The molecule has 2 aliphatic rings. The second kappa shape index (κ2) is 7.42. The van der Waals surface area contributed by atoms with E-state index in [0.717, 1.165) is 25.0 Å². The molecule has 1 aromatic carbocycles. The van der Waals surface area contributed by atoms with Crippen molar-refractivity contribution in [2.75, 3.05) is 13.2 Å². The van der Waals surface area contributed by atoms with Gasteiger partial charge in [0.05, 0.1) is 6.10 Å². The van der Waals surface area contributed by atoms with Crippen LogP contribution in [0.2, 0.25) is 0 Å². The van der Waals surface area contributed by atoms with Crippen LogP contribution in [0.25, 0.3) is 0 Å². The lowest BCUT2D eigenvalue weighted by Crippen LogP contribution is -2.33. The average molecular weight is 287 g/mol. The van der Waals surface area contributed by atoms with Crippen LogP contribution in [0.4, 0.5) is 0 Å². The van der Waals surface area contributed by atoms with E-state index in [1.807, 2.05) is 0 Å². The molecule has 4 unspecified atom stereocenters. The van der Waals surface area contributed by atoms with Crippen molar-refractivity contribution in [1.82, 2.24) is 5.32 Å². The molecule has 1 aromatic rings. The normalized spacial score (nSPS) is 29.5. The van der Waals surface area contributed by atoms with E-state index in [4.69, 9.17) is 4.74 Å². The number of rotatable bonds is 8. The third kappa shape index (κ3) is 4.08. The predicted molar refractivity (Wildman–Crippen MR) is 87.6 cm³/mol. The third-order valence-electron chi connectivity index (χ3n) is 5.06. The average Bonchev–Trinajstić information content (AvgIpc) is 3.15. The second-order valence-electron chi connectivity index (χ2n) is 6.69. The summed E-state index contributed by atoms with van der Waals surface area (Å²) < 4.78 is 5.79. The largest absolute Gasteiger partial charge is 0.378 e. The van der Waals surface area contributed by atoms with Crippen LogP contribution in [0, 0.1) is 5.92 Å². The third-order valence-corrected chi connectivity index (χ3v) is 5.06. The van der Waals surface area contributed by atoms with Crippen LogP contribution in [0.5, 0.6) is 0 Å². The zero-order chi connectivity index (χ0) is 14.5. The van der Waals surface area contributed by atoms with Crippen LogP contribution in [-0.2, 0) is 4.74 Å². The Labute approximate surface area is 129 Å². The molecule has 2 nitrogen and oxygen atoms in total. The van der Waals surface area contributed by atoms with Gasteiger partial charge >= 0.3 is 0 Å². The minimum atomic E-state index is 0.532. The van der Waals surface area contributed by atoms with E-state index >= 15 is 0 Å². The van der Waals surface area contributed by atoms with Gasteiger partial charge in [0.2, 0.25) is 0 Å². The predicted octanol–water partition coefficient (Wildman–Crippen LogP) is 4.12. The van der Waals surface area contributed by atoms with Crippen molar-refractivity contribution in [3.8, 4) is 0 Å². The first-order valence-corrected chi connectivity index (χ1v) is 8.78. The maximum absolute atomic E-state index is 5.79. The molecule has 4 atom stereocenters. The molecule has 1 saturated carbocycles. The first kappa shape index (κ1) is 15.1. The smallest absolute Gasteiger partial charge is 0.0576 e. The molecule has 1 saturated heterocycles. The van der Waals surface area contributed by atoms with Crippen molar-refractivity contribution < 1.29 is 4.74 Å². The highest BCUT2D eigenvalue weighted by atomic mass is 16.5. The van der Waals surface area contributed by atoms with Crippen molar-refractivity contribution in [3.63, 3.8) is 0 Å². The number of benzene rings is 1. The Bertz CT molecular complexity index is 413. The molecule has 0 radical (unpaired) electrons. The van der Waals surface area contributed by atoms with E-state index < -0.39 is 0 Å². The molecule has 1 heterocycles. The van der Waals surface area contributed by atoms with Gasteiger partial charge in [-0.15, -0.1) is 0 Å². The van der Waals surface area contributed by atoms with Gasteiger partial charge in [-0.1, -0.05) is 37.3 Å². The minimum Gasteiger partial charge on any atom is -0.378 e. The lowest BCUT2D eigenvalue weighted by atomic mass is 9.99. The van der Waals surface area contributed by atoms with E-state index in [1.54, 1.807) is 0 Å². The van der Waals surface area contributed by atoms with Gasteiger partial charge in [-0.2, -0.15) is 0 Å². The summed E-state index contributed by atoms with van der Waals surface area (Å²) in [6.45, 7) is 4.38. The van der Waals surface area contributed by atoms with E-state index in [0.29, 0.717) is 12.1 Å². The van der Waals surface area contributed by atoms with Gasteiger partial charge in [0, 0.05) is 12.6 Å². The molecule has 2 heteroatoms. The van der Waals surface area contributed by atoms with E-state index in [-0.39, 0.29) is 0 Å². The topological polar surface area (TPSA) is 21.3 Å². The molecule has 116 valence electrons. The maximum Gasteiger partial charge on any atom is 0.0576 e. The van der Waals surface area contributed by atoms with Crippen molar-refractivity contribution in [2.24, 2.45) is 5.92 Å². The highest BCUT2D eigenvalue weighted by molar-refractivity contribution is 5.26. The Morgan fingerprint density at radius 3 is 2.86 bits per heavy atom. The summed E-state index contributed by atoms with van der Waals surface area (Å²) in [7, 11) is 0. The maximum atomic E-state index is 5.79. The summed E-state index contributed by atoms with van der Waals surface area (Å²) in [6, 6.07) is 11.7. The molecular weight excluding hydrogens is 258 g/mol. The first-order chi connectivity index (χ1) is 10.4. The van der Waals surface area contributed by atoms with E-state index in [2.05, 4.69) is 42.6 Å². The molecular formula is C19H29NO. The van der Waals surface area contributed by atoms with Crippen molar-refractivity contribution in [2.45, 2.75) is 63.5 Å². The molecule has 21 heavy (non-hydrogen) atoms. The minimum absolute atomic E-state index is 0.532. The van der Waals surface area contributed by atoms with Crippen molar-refractivity contribution in [3.05, 3.63) is 35.9 Å². The van der Waals surface area contributed by atoms with Gasteiger partial charge in [-0.25, -0.2) is 0 Å². The first-order valence-electron chi connectivity index (χ1n) is 8.78.